The van der Waals surface area contributed by atoms with E-state index in [1.807, 2.05) is 42.5 Å². The molecule has 0 aromatic heterocycles. The summed E-state index contributed by atoms with van der Waals surface area (Å²) in [6, 6.07) is 16.6. The standard InChI is InChI=1S/C15H14ClNO3/c16-14-8-4-7-13(9-14)11-20-17-15(18)19-10-12-5-2-1-3-6-12/h1-9H,10-11H2,(H,17,18). The van der Waals surface area contributed by atoms with Gasteiger partial charge in [-0.1, -0.05) is 54.1 Å². The topological polar surface area (TPSA) is 47.6 Å². The van der Waals surface area contributed by atoms with Gasteiger partial charge in [0, 0.05) is 5.02 Å². The van der Waals surface area contributed by atoms with Crippen LogP contribution >= 0.6 is 11.6 Å². The van der Waals surface area contributed by atoms with E-state index in [0.29, 0.717) is 5.02 Å². The first kappa shape index (κ1) is 14.4. The first-order chi connectivity index (χ1) is 9.74. The van der Waals surface area contributed by atoms with E-state index in [0.717, 1.165) is 11.1 Å². The molecular formula is C15H14ClNO3. The highest BCUT2D eigenvalue weighted by Gasteiger charge is 2.02. The van der Waals surface area contributed by atoms with Crippen molar-refractivity contribution in [2.45, 2.75) is 13.2 Å². The van der Waals surface area contributed by atoms with Crippen molar-refractivity contribution in [2.75, 3.05) is 0 Å². The Morgan fingerprint density at radius 2 is 1.75 bits per heavy atom. The Bertz CT molecular complexity index is 560. The second-order valence-electron chi connectivity index (χ2n) is 4.08. The van der Waals surface area contributed by atoms with Crippen LogP contribution in [-0.2, 0) is 22.8 Å². The van der Waals surface area contributed by atoms with Crippen LogP contribution in [0.5, 0.6) is 0 Å². The van der Waals surface area contributed by atoms with Crippen molar-refractivity contribution in [3.05, 3.63) is 70.7 Å². The molecule has 0 saturated heterocycles. The molecule has 0 aliphatic carbocycles. The van der Waals surface area contributed by atoms with Crippen molar-refractivity contribution < 1.29 is 14.4 Å². The zero-order chi connectivity index (χ0) is 14.2. The van der Waals surface area contributed by atoms with Crippen LogP contribution in [-0.4, -0.2) is 6.09 Å². The van der Waals surface area contributed by atoms with E-state index < -0.39 is 6.09 Å². The van der Waals surface area contributed by atoms with Crippen LogP contribution in [0.1, 0.15) is 11.1 Å². The number of hydrogen-bond donors (Lipinski definition) is 1. The third-order valence-corrected chi connectivity index (χ3v) is 2.73. The van der Waals surface area contributed by atoms with Gasteiger partial charge in [0.25, 0.3) is 0 Å². The second kappa shape index (κ2) is 7.53. The summed E-state index contributed by atoms with van der Waals surface area (Å²) in [4.78, 5) is 16.4. The molecule has 0 aliphatic heterocycles. The number of hydrogen-bond acceptors (Lipinski definition) is 3. The Hall–Kier alpha value is -2.04. The summed E-state index contributed by atoms with van der Waals surface area (Å²) in [5, 5.41) is 0.623. The predicted molar refractivity (Wildman–Crippen MR) is 76.0 cm³/mol. The third-order valence-electron chi connectivity index (χ3n) is 2.50. The number of halogens is 1. The lowest BCUT2D eigenvalue weighted by Gasteiger charge is -2.07. The van der Waals surface area contributed by atoms with Crippen LogP contribution in [0.25, 0.3) is 0 Å². The quantitative estimate of drug-likeness (QED) is 0.855. The minimum Gasteiger partial charge on any atom is -0.443 e. The lowest BCUT2D eigenvalue weighted by molar-refractivity contribution is 0.0161. The molecule has 0 spiro atoms. The zero-order valence-corrected chi connectivity index (χ0v) is 11.5. The third kappa shape index (κ3) is 4.91. The molecule has 2 aromatic carbocycles. The predicted octanol–water partition coefficient (Wildman–Crippen LogP) is 3.70. The van der Waals surface area contributed by atoms with E-state index >= 15 is 0 Å². The van der Waals surface area contributed by atoms with E-state index in [-0.39, 0.29) is 13.2 Å². The van der Waals surface area contributed by atoms with Crippen molar-refractivity contribution in [1.82, 2.24) is 5.48 Å². The number of ether oxygens (including phenoxy) is 1. The molecule has 0 aliphatic rings. The van der Waals surface area contributed by atoms with Gasteiger partial charge in [-0.3, -0.25) is 4.84 Å². The maximum atomic E-state index is 11.4. The van der Waals surface area contributed by atoms with Crippen molar-refractivity contribution in [3.63, 3.8) is 0 Å². The van der Waals surface area contributed by atoms with Crippen LogP contribution < -0.4 is 5.48 Å². The van der Waals surface area contributed by atoms with Crippen LogP contribution in [0.15, 0.2) is 54.6 Å². The van der Waals surface area contributed by atoms with Crippen molar-refractivity contribution in [3.8, 4) is 0 Å². The maximum Gasteiger partial charge on any atom is 0.431 e. The molecule has 2 rings (SSSR count). The fraction of sp³-hybridized carbons (Fsp3) is 0.133. The Kier molecular flexibility index (Phi) is 5.41. The molecule has 0 atom stereocenters. The number of carbonyl (C=O) groups is 1. The maximum absolute atomic E-state index is 11.4. The van der Waals surface area contributed by atoms with Gasteiger partial charge in [-0.15, -0.1) is 0 Å². The van der Waals surface area contributed by atoms with Gasteiger partial charge >= 0.3 is 6.09 Å². The number of carbonyl (C=O) groups excluding carboxylic acids is 1. The van der Waals surface area contributed by atoms with Gasteiger partial charge in [0.05, 0.1) is 6.61 Å². The van der Waals surface area contributed by atoms with E-state index in [1.54, 1.807) is 12.1 Å². The van der Waals surface area contributed by atoms with E-state index in [1.165, 1.54) is 0 Å². The molecule has 2 aromatic rings. The highest BCUT2D eigenvalue weighted by atomic mass is 35.5. The molecule has 0 bridgehead atoms. The molecule has 5 heteroatoms. The van der Waals surface area contributed by atoms with Gasteiger partial charge < -0.3 is 4.74 Å². The molecule has 1 amide bonds. The molecule has 0 unspecified atom stereocenters. The number of rotatable bonds is 5. The summed E-state index contributed by atoms with van der Waals surface area (Å²) >= 11 is 5.84. The molecule has 20 heavy (non-hydrogen) atoms. The molecule has 104 valence electrons. The van der Waals surface area contributed by atoms with E-state index in [4.69, 9.17) is 21.2 Å². The van der Waals surface area contributed by atoms with Crippen LogP contribution in [0, 0.1) is 0 Å². The van der Waals surface area contributed by atoms with Crippen LogP contribution in [0.3, 0.4) is 0 Å². The lowest BCUT2D eigenvalue weighted by atomic mass is 10.2. The SMILES string of the molecule is O=C(NOCc1cccc(Cl)c1)OCc1ccccc1. The average molecular weight is 292 g/mol. The fourth-order valence-electron chi connectivity index (χ4n) is 1.56. The molecule has 0 saturated carbocycles. The Labute approximate surface area is 122 Å². The highest BCUT2D eigenvalue weighted by molar-refractivity contribution is 6.30. The minimum absolute atomic E-state index is 0.202. The molecule has 0 fully saturated rings. The van der Waals surface area contributed by atoms with E-state index in [9.17, 15) is 4.79 Å². The van der Waals surface area contributed by atoms with Crippen molar-refractivity contribution >= 4 is 17.7 Å². The molecule has 0 heterocycles. The summed E-state index contributed by atoms with van der Waals surface area (Å²) in [5.41, 5.74) is 3.99. The van der Waals surface area contributed by atoms with Gasteiger partial charge in [0.15, 0.2) is 0 Å². The largest absolute Gasteiger partial charge is 0.443 e. The first-order valence-corrected chi connectivity index (χ1v) is 6.45. The van der Waals surface area contributed by atoms with Crippen molar-refractivity contribution in [1.29, 1.82) is 0 Å². The summed E-state index contributed by atoms with van der Waals surface area (Å²) in [6.07, 6.45) is -0.629. The summed E-state index contributed by atoms with van der Waals surface area (Å²) in [7, 11) is 0. The molecule has 0 radical (unpaired) electrons. The molecular weight excluding hydrogens is 278 g/mol. The number of amides is 1. The number of nitrogens with one attached hydrogen (secondary N) is 1. The zero-order valence-electron chi connectivity index (χ0n) is 10.7. The van der Waals surface area contributed by atoms with Gasteiger partial charge in [0.1, 0.15) is 6.61 Å². The van der Waals surface area contributed by atoms with Crippen molar-refractivity contribution in [2.24, 2.45) is 0 Å². The summed E-state index contributed by atoms with van der Waals surface area (Å²) < 4.78 is 4.99. The normalized spacial score (nSPS) is 10.1. The van der Waals surface area contributed by atoms with Gasteiger partial charge in [-0.05, 0) is 23.3 Å². The smallest absolute Gasteiger partial charge is 0.431 e. The minimum atomic E-state index is -0.629. The van der Waals surface area contributed by atoms with Gasteiger partial charge in [0.2, 0.25) is 0 Å². The second-order valence-corrected chi connectivity index (χ2v) is 4.52. The number of benzene rings is 2. The molecule has 4 nitrogen and oxygen atoms in total. The van der Waals surface area contributed by atoms with Gasteiger partial charge in [-0.2, -0.15) is 5.48 Å². The van der Waals surface area contributed by atoms with E-state index in [2.05, 4.69) is 5.48 Å². The average Bonchev–Trinajstić information content (AvgIpc) is 2.46. The Balaban J connectivity index is 1.68. The number of hydroxylamine groups is 1. The van der Waals surface area contributed by atoms with Crippen LogP contribution in [0.4, 0.5) is 4.79 Å². The Morgan fingerprint density at radius 1 is 1.00 bits per heavy atom. The lowest BCUT2D eigenvalue weighted by Crippen LogP contribution is -2.24. The van der Waals surface area contributed by atoms with Crippen LogP contribution in [0.2, 0.25) is 5.02 Å². The first-order valence-electron chi connectivity index (χ1n) is 6.07. The molecule has 1 N–H and O–H groups in total. The Morgan fingerprint density at radius 3 is 2.50 bits per heavy atom. The summed E-state index contributed by atoms with van der Waals surface area (Å²) in [5.74, 6) is 0. The summed E-state index contributed by atoms with van der Waals surface area (Å²) in [6.45, 7) is 0.425. The monoisotopic (exact) mass is 291 g/mol. The highest BCUT2D eigenvalue weighted by Crippen LogP contribution is 2.11. The van der Waals surface area contributed by atoms with Gasteiger partial charge in [-0.25, -0.2) is 4.79 Å². The fourth-order valence-corrected chi connectivity index (χ4v) is 1.77.